The Labute approximate surface area is 165 Å². The van der Waals surface area contributed by atoms with Gasteiger partial charge in [-0.05, 0) is 17.9 Å². The number of benzene rings is 2. The summed E-state index contributed by atoms with van der Waals surface area (Å²) in [7, 11) is 0. The number of hydrogen-bond acceptors (Lipinski definition) is 3. The second-order valence-electron chi connectivity index (χ2n) is 8.00. The van der Waals surface area contributed by atoms with Crippen LogP contribution in [0, 0.1) is 0 Å². The van der Waals surface area contributed by atoms with Gasteiger partial charge in [-0.2, -0.15) is 0 Å². The second-order valence-corrected chi connectivity index (χ2v) is 8.00. The largest absolute Gasteiger partial charge is 0.392 e. The van der Waals surface area contributed by atoms with Crippen molar-refractivity contribution >= 4 is 16.5 Å². The minimum atomic E-state index is -0.166. The lowest BCUT2D eigenvalue weighted by molar-refractivity contribution is 0.0997. The molecule has 0 saturated carbocycles. The average Bonchev–Trinajstić information content (AvgIpc) is 2.71. The van der Waals surface area contributed by atoms with Crippen LogP contribution < -0.4 is 4.90 Å². The van der Waals surface area contributed by atoms with Crippen LogP contribution in [0.3, 0.4) is 0 Å². The summed E-state index contributed by atoms with van der Waals surface area (Å²) in [5.74, 6) is 0. The summed E-state index contributed by atoms with van der Waals surface area (Å²) < 4.78 is 0. The summed E-state index contributed by atoms with van der Waals surface area (Å²) in [4.78, 5) is 4.93. The normalized spacial score (nSPS) is 16.7. The zero-order valence-corrected chi connectivity index (χ0v) is 16.9. The number of piperazine rings is 1. The molecule has 1 saturated heterocycles. The molecule has 1 aliphatic heterocycles. The van der Waals surface area contributed by atoms with Gasteiger partial charge in [0.1, 0.15) is 0 Å². The minimum absolute atomic E-state index is 0.166. The fraction of sp³-hybridized carbons (Fsp3) is 0.583. The molecule has 2 aromatic rings. The van der Waals surface area contributed by atoms with Gasteiger partial charge in [0.2, 0.25) is 0 Å². The van der Waals surface area contributed by atoms with Gasteiger partial charge in [0.15, 0.2) is 0 Å². The summed E-state index contributed by atoms with van der Waals surface area (Å²) in [6.45, 7) is 7.24. The Bertz CT molecular complexity index is 674. The molecule has 0 radical (unpaired) electrons. The number of β-amino-alcohol motifs (C(OH)–C–C–N with tert-alkyl or cyclic N) is 1. The molecular formula is C24H36N2O. The molecule has 3 heteroatoms. The molecule has 1 unspecified atom stereocenters. The smallest absolute Gasteiger partial charge is 0.0667 e. The van der Waals surface area contributed by atoms with Crippen molar-refractivity contribution in [2.45, 2.75) is 58.0 Å². The lowest BCUT2D eigenvalue weighted by atomic mass is 10.1. The first-order chi connectivity index (χ1) is 13.3. The van der Waals surface area contributed by atoms with Gasteiger partial charge in [-0.3, -0.25) is 4.90 Å². The molecule has 3 rings (SSSR count). The third kappa shape index (κ3) is 5.95. The van der Waals surface area contributed by atoms with Crippen molar-refractivity contribution in [2.75, 3.05) is 37.6 Å². The molecule has 1 atom stereocenters. The zero-order chi connectivity index (χ0) is 18.9. The molecule has 1 N–H and O–H groups in total. The topological polar surface area (TPSA) is 26.7 Å². The molecule has 148 valence electrons. The van der Waals surface area contributed by atoms with E-state index in [2.05, 4.69) is 59.2 Å². The fourth-order valence-electron chi connectivity index (χ4n) is 4.21. The van der Waals surface area contributed by atoms with Crippen LogP contribution in [0.1, 0.15) is 51.9 Å². The highest BCUT2D eigenvalue weighted by Crippen LogP contribution is 2.27. The van der Waals surface area contributed by atoms with Gasteiger partial charge in [-0.1, -0.05) is 81.8 Å². The molecule has 27 heavy (non-hydrogen) atoms. The maximum Gasteiger partial charge on any atom is 0.0667 e. The van der Waals surface area contributed by atoms with E-state index in [0.29, 0.717) is 0 Å². The van der Waals surface area contributed by atoms with Crippen LogP contribution in [0.25, 0.3) is 10.8 Å². The average molecular weight is 369 g/mol. The maximum absolute atomic E-state index is 10.4. The monoisotopic (exact) mass is 368 g/mol. The summed E-state index contributed by atoms with van der Waals surface area (Å²) in [6.07, 6.45) is 8.55. The Balaban J connectivity index is 1.41. The zero-order valence-electron chi connectivity index (χ0n) is 16.9. The van der Waals surface area contributed by atoms with E-state index >= 15 is 0 Å². The molecule has 0 amide bonds. The molecule has 3 nitrogen and oxygen atoms in total. The van der Waals surface area contributed by atoms with Crippen LogP contribution in [0.15, 0.2) is 42.5 Å². The number of aliphatic hydroxyl groups excluding tert-OH is 1. The van der Waals surface area contributed by atoms with Crippen LogP contribution >= 0.6 is 0 Å². The number of unbranched alkanes of at least 4 members (excludes halogenated alkanes) is 5. The molecule has 0 aromatic heterocycles. The molecule has 1 heterocycles. The Morgan fingerprint density at radius 1 is 0.852 bits per heavy atom. The van der Waals surface area contributed by atoms with Gasteiger partial charge in [-0.25, -0.2) is 0 Å². The minimum Gasteiger partial charge on any atom is -0.392 e. The Hall–Kier alpha value is -1.58. The highest BCUT2D eigenvalue weighted by Gasteiger charge is 2.20. The number of anilines is 1. The molecule has 1 fully saturated rings. The van der Waals surface area contributed by atoms with Crippen molar-refractivity contribution in [1.29, 1.82) is 0 Å². The van der Waals surface area contributed by atoms with Crippen LogP contribution in [0.5, 0.6) is 0 Å². The molecule has 0 spiro atoms. The summed E-state index contributed by atoms with van der Waals surface area (Å²) in [5.41, 5.74) is 1.35. The Morgan fingerprint density at radius 2 is 1.56 bits per heavy atom. The lowest BCUT2D eigenvalue weighted by Crippen LogP contribution is -2.48. The second kappa shape index (κ2) is 10.7. The standard InChI is InChI=1S/C24H36N2O/c1-2-3-4-5-6-7-13-22(27)20-25-16-18-26(19-17-25)24-15-10-12-21-11-8-9-14-23(21)24/h8-12,14-15,22,27H,2-7,13,16-20H2,1H3. The van der Waals surface area contributed by atoms with Crippen molar-refractivity contribution in [3.05, 3.63) is 42.5 Å². The third-order valence-electron chi connectivity index (χ3n) is 5.84. The molecular weight excluding hydrogens is 332 g/mol. The quantitative estimate of drug-likeness (QED) is 0.593. The Morgan fingerprint density at radius 3 is 2.37 bits per heavy atom. The van der Waals surface area contributed by atoms with E-state index in [1.807, 2.05) is 0 Å². The van der Waals surface area contributed by atoms with E-state index in [-0.39, 0.29) is 6.10 Å². The predicted molar refractivity (Wildman–Crippen MR) is 117 cm³/mol. The van der Waals surface area contributed by atoms with E-state index < -0.39 is 0 Å². The van der Waals surface area contributed by atoms with E-state index in [1.54, 1.807) is 0 Å². The first-order valence-corrected chi connectivity index (χ1v) is 10.9. The van der Waals surface area contributed by atoms with E-state index in [0.717, 1.165) is 39.1 Å². The first kappa shape index (κ1) is 20.2. The van der Waals surface area contributed by atoms with Crippen molar-refractivity contribution < 1.29 is 5.11 Å². The third-order valence-corrected chi connectivity index (χ3v) is 5.84. The van der Waals surface area contributed by atoms with Crippen molar-refractivity contribution in [3.63, 3.8) is 0 Å². The van der Waals surface area contributed by atoms with Crippen molar-refractivity contribution in [2.24, 2.45) is 0 Å². The van der Waals surface area contributed by atoms with Gasteiger partial charge in [0.05, 0.1) is 6.10 Å². The highest BCUT2D eigenvalue weighted by molar-refractivity contribution is 5.94. The van der Waals surface area contributed by atoms with Gasteiger partial charge in [0.25, 0.3) is 0 Å². The summed E-state index contributed by atoms with van der Waals surface area (Å²) >= 11 is 0. The molecule has 0 aliphatic carbocycles. The number of fused-ring (bicyclic) bond motifs is 1. The van der Waals surface area contributed by atoms with E-state index in [9.17, 15) is 5.11 Å². The number of rotatable bonds is 10. The lowest BCUT2D eigenvalue weighted by Gasteiger charge is -2.37. The van der Waals surface area contributed by atoms with Crippen LogP contribution in [-0.4, -0.2) is 48.8 Å². The van der Waals surface area contributed by atoms with Gasteiger partial charge in [0, 0.05) is 43.8 Å². The first-order valence-electron chi connectivity index (χ1n) is 10.9. The summed E-state index contributed by atoms with van der Waals surface area (Å²) in [6, 6.07) is 15.2. The van der Waals surface area contributed by atoms with Crippen LogP contribution in [-0.2, 0) is 0 Å². The SMILES string of the molecule is CCCCCCCCC(O)CN1CCN(c2cccc3ccccc23)CC1. The molecule has 0 bridgehead atoms. The van der Waals surface area contributed by atoms with Crippen molar-refractivity contribution in [1.82, 2.24) is 4.90 Å². The van der Waals surface area contributed by atoms with Gasteiger partial charge in [-0.15, -0.1) is 0 Å². The highest BCUT2D eigenvalue weighted by atomic mass is 16.3. The van der Waals surface area contributed by atoms with E-state index in [4.69, 9.17) is 0 Å². The van der Waals surface area contributed by atoms with Crippen LogP contribution in [0.4, 0.5) is 5.69 Å². The number of nitrogens with zero attached hydrogens (tertiary/aromatic N) is 2. The van der Waals surface area contributed by atoms with Crippen molar-refractivity contribution in [3.8, 4) is 0 Å². The number of hydrogen-bond donors (Lipinski definition) is 1. The van der Waals surface area contributed by atoms with Crippen LogP contribution in [0.2, 0.25) is 0 Å². The van der Waals surface area contributed by atoms with E-state index in [1.165, 1.54) is 55.0 Å². The maximum atomic E-state index is 10.4. The Kier molecular flexibility index (Phi) is 7.97. The molecule has 2 aromatic carbocycles. The van der Waals surface area contributed by atoms with Gasteiger partial charge < -0.3 is 10.0 Å². The fourth-order valence-corrected chi connectivity index (χ4v) is 4.21. The molecule has 1 aliphatic rings. The van der Waals surface area contributed by atoms with Gasteiger partial charge >= 0.3 is 0 Å². The summed E-state index contributed by atoms with van der Waals surface area (Å²) in [5, 5.41) is 13.0. The predicted octanol–water partition coefficient (Wildman–Crippen LogP) is 5.07. The number of aliphatic hydroxyl groups is 1.